The second-order valence-corrected chi connectivity index (χ2v) is 5.28. The summed E-state index contributed by atoms with van der Waals surface area (Å²) < 4.78 is 1.63. The topological polar surface area (TPSA) is 70.7 Å². The van der Waals surface area contributed by atoms with E-state index >= 15 is 0 Å². The smallest absolute Gasteiger partial charge is 0.245 e. The normalized spacial score (nSPS) is 12.1. The van der Waals surface area contributed by atoms with Crippen LogP contribution in [0.4, 0.5) is 0 Å². The van der Waals surface area contributed by atoms with Gasteiger partial charge in [0, 0.05) is 30.4 Å². The lowest BCUT2D eigenvalue weighted by molar-refractivity contribution is -0.116. The fourth-order valence-electron chi connectivity index (χ4n) is 1.81. The van der Waals surface area contributed by atoms with E-state index in [4.69, 9.17) is 23.2 Å². The number of benzene rings is 1. The molecule has 1 atom stereocenters. The summed E-state index contributed by atoms with van der Waals surface area (Å²) in [5, 5.41) is 16.4. The third kappa shape index (κ3) is 3.88. The van der Waals surface area contributed by atoms with Crippen molar-refractivity contribution in [3.8, 4) is 6.07 Å². The zero-order valence-corrected chi connectivity index (χ0v) is 13.1. The molecular formula is C15H12Cl2N4O. The number of carbonyl (C=O) groups excluding carboxylic acids is 1. The summed E-state index contributed by atoms with van der Waals surface area (Å²) in [6, 6.07) is 6.05. The monoisotopic (exact) mass is 334 g/mol. The Hall–Kier alpha value is -2.29. The van der Waals surface area contributed by atoms with Gasteiger partial charge in [-0.2, -0.15) is 10.4 Å². The minimum absolute atomic E-state index is 0.257. The molecule has 0 radical (unpaired) electrons. The molecular weight excluding hydrogens is 323 g/mol. The van der Waals surface area contributed by atoms with Crippen molar-refractivity contribution in [2.24, 2.45) is 7.05 Å². The maximum Gasteiger partial charge on any atom is 0.245 e. The van der Waals surface area contributed by atoms with Crippen molar-refractivity contribution >= 4 is 35.2 Å². The van der Waals surface area contributed by atoms with Crippen LogP contribution in [-0.4, -0.2) is 15.7 Å². The molecule has 2 rings (SSSR count). The number of nitriles is 1. The molecule has 7 heteroatoms. The molecule has 0 aliphatic heterocycles. The molecule has 0 fully saturated rings. The molecule has 2 aromatic rings. The van der Waals surface area contributed by atoms with Crippen molar-refractivity contribution in [1.29, 1.82) is 5.26 Å². The van der Waals surface area contributed by atoms with Crippen LogP contribution < -0.4 is 5.32 Å². The molecule has 1 heterocycles. The first kappa shape index (κ1) is 16.1. The quantitative estimate of drug-likeness (QED) is 0.873. The van der Waals surface area contributed by atoms with Crippen LogP contribution in [-0.2, 0) is 11.8 Å². The van der Waals surface area contributed by atoms with E-state index in [2.05, 4.69) is 10.4 Å². The largest absolute Gasteiger partial charge is 0.333 e. The Labute approximate surface area is 137 Å². The minimum Gasteiger partial charge on any atom is -0.333 e. The first-order chi connectivity index (χ1) is 10.5. The summed E-state index contributed by atoms with van der Waals surface area (Å²) >= 11 is 12.0. The van der Waals surface area contributed by atoms with Crippen LogP contribution in [0.1, 0.15) is 17.2 Å². The number of aryl methyl sites for hydroxylation is 1. The highest BCUT2D eigenvalue weighted by Gasteiger charge is 2.17. The number of nitrogens with zero attached hydrogens (tertiary/aromatic N) is 3. The van der Waals surface area contributed by atoms with Crippen LogP contribution >= 0.6 is 23.2 Å². The van der Waals surface area contributed by atoms with E-state index in [-0.39, 0.29) is 5.02 Å². The van der Waals surface area contributed by atoms with E-state index in [0.29, 0.717) is 10.6 Å². The van der Waals surface area contributed by atoms with Gasteiger partial charge >= 0.3 is 0 Å². The molecule has 1 amide bonds. The second kappa shape index (κ2) is 7.12. The molecule has 1 aromatic heterocycles. The van der Waals surface area contributed by atoms with Gasteiger partial charge in [0.1, 0.15) is 6.04 Å². The second-order valence-electron chi connectivity index (χ2n) is 4.49. The number of aromatic nitrogens is 2. The van der Waals surface area contributed by atoms with Crippen LogP contribution in [0.2, 0.25) is 10.0 Å². The number of nitrogens with one attached hydrogen (secondary N) is 1. The molecule has 0 aliphatic carbocycles. The molecule has 1 N–H and O–H groups in total. The van der Waals surface area contributed by atoms with Crippen LogP contribution in [0.3, 0.4) is 0 Å². The summed E-state index contributed by atoms with van der Waals surface area (Å²) in [7, 11) is 1.78. The van der Waals surface area contributed by atoms with Gasteiger partial charge in [-0.3, -0.25) is 9.48 Å². The zero-order valence-electron chi connectivity index (χ0n) is 11.6. The average molecular weight is 335 g/mol. The molecule has 0 saturated heterocycles. The van der Waals surface area contributed by atoms with Crippen molar-refractivity contribution in [1.82, 2.24) is 15.1 Å². The minimum atomic E-state index is -0.878. The third-order valence-corrected chi connectivity index (χ3v) is 3.69. The Kier molecular flexibility index (Phi) is 5.21. The number of halogens is 2. The maximum atomic E-state index is 11.9. The van der Waals surface area contributed by atoms with Gasteiger partial charge in [0.2, 0.25) is 5.91 Å². The molecule has 112 valence electrons. The number of carbonyl (C=O) groups is 1. The number of amides is 1. The molecule has 0 bridgehead atoms. The highest BCUT2D eigenvalue weighted by molar-refractivity contribution is 6.42. The third-order valence-electron chi connectivity index (χ3n) is 2.86. The molecule has 1 aromatic carbocycles. The maximum absolute atomic E-state index is 11.9. The standard InChI is InChI=1S/C15H12Cl2N4O/c1-21-9-10(8-19-21)5-6-14(22)20-13(7-18)11-3-2-4-12(16)15(11)17/h2-6,8-9,13H,1H3,(H,20,22)/b6-5-/t13-/m0/s1. The Morgan fingerprint density at radius 1 is 1.50 bits per heavy atom. The van der Waals surface area contributed by atoms with Crippen LogP contribution in [0, 0.1) is 11.3 Å². The van der Waals surface area contributed by atoms with Gasteiger partial charge in [0.25, 0.3) is 0 Å². The predicted octanol–water partition coefficient (Wildman–Crippen LogP) is 3.12. The molecule has 0 saturated carbocycles. The van der Waals surface area contributed by atoms with Crippen LogP contribution in [0.15, 0.2) is 36.7 Å². The zero-order chi connectivity index (χ0) is 16.1. The molecule has 22 heavy (non-hydrogen) atoms. The number of rotatable bonds is 4. The van der Waals surface area contributed by atoms with Gasteiger partial charge in [-0.25, -0.2) is 0 Å². The lowest BCUT2D eigenvalue weighted by atomic mass is 10.1. The Morgan fingerprint density at radius 3 is 2.91 bits per heavy atom. The average Bonchev–Trinajstić information content (AvgIpc) is 2.91. The highest BCUT2D eigenvalue weighted by Crippen LogP contribution is 2.29. The fourth-order valence-corrected chi connectivity index (χ4v) is 2.23. The molecule has 5 nitrogen and oxygen atoms in total. The van der Waals surface area contributed by atoms with E-state index in [1.54, 1.807) is 48.4 Å². The van der Waals surface area contributed by atoms with Gasteiger partial charge < -0.3 is 5.32 Å². The summed E-state index contributed by atoms with van der Waals surface area (Å²) in [4.78, 5) is 11.9. The fraction of sp³-hybridized carbons (Fsp3) is 0.133. The summed E-state index contributed by atoms with van der Waals surface area (Å²) in [6.45, 7) is 0. The van der Waals surface area contributed by atoms with E-state index in [0.717, 1.165) is 5.56 Å². The summed E-state index contributed by atoms with van der Waals surface area (Å²) in [6.07, 6.45) is 6.33. The van der Waals surface area contributed by atoms with Crippen LogP contribution in [0.25, 0.3) is 6.08 Å². The first-order valence-corrected chi connectivity index (χ1v) is 7.07. The van der Waals surface area contributed by atoms with Gasteiger partial charge in [-0.05, 0) is 12.1 Å². The van der Waals surface area contributed by atoms with Gasteiger partial charge in [-0.1, -0.05) is 35.3 Å². The highest BCUT2D eigenvalue weighted by atomic mass is 35.5. The van der Waals surface area contributed by atoms with Crippen molar-refractivity contribution in [3.63, 3.8) is 0 Å². The van der Waals surface area contributed by atoms with E-state index < -0.39 is 11.9 Å². The molecule has 0 unspecified atom stereocenters. The van der Waals surface area contributed by atoms with E-state index in [1.807, 2.05) is 6.07 Å². The summed E-state index contributed by atoms with van der Waals surface area (Å²) in [5.41, 5.74) is 1.24. The lowest BCUT2D eigenvalue weighted by Crippen LogP contribution is -2.26. The van der Waals surface area contributed by atoms with Crippen molar-refractivity contribution in [3.05, 3.63) is 57.8 Å². The SMILES string of the molecule is Cn1cc(/C=C\C(=O)N[C@@H](C#N)c2cccc(Cl)c2Cl)cn1. The van der Waals surface area contributed by atoms with E-state index in [1.165, 1.54) is 6.08 Å². The number of hydrogen-bond acceptors (Lipinski definition) is 3. The summed E-state index contributed by atoms with van der Waals surface area (Å²) in [5.74, 6) is -0.411. The predicted molar refractivity (Wildman–Crippen MR) is 85.2 cm³/mol. The van der Waals surface area contributed by atoms with Crippen molar-refractivity contribution in [2.45, 2.75) is 6.04 Å². The Morgan fingerprint density at radius 2 is 2.27 bits per heavy atom. The van der Waals surface area contributed by atoms with E-state index in [9.17, 15) is 10.1 Å². The molecule has 0 spiro atoms. The van der Waals surface area contributed by atoms with Gasteiger partial charge in [0.15, 0.2) is 0 Å². The van der Waals surface area contributed by atoms with Crippen LogP contribution in [0.5, 0.6) is 0 Å². The number of hydrogen-bond donors (Lipinski definition) is 1. The Balaban J connectivity index is 2.10. The Bertz CT molecular complexity index is 761. The van der Waals surface area contributed by atoms with Crippen molar-refractivity contribution in [2.75, 3.05) is 0 Å². The van der Waals surface area contributed by atoms with Crippen molar-refractivity contribution < 1.29 is 4.79 Å². The van der Waals surface area contributed by atoms with Gasteiger partial charge in [-0.15, -0.1) is 0 Å². The molecule has 0 aliphatic rings. The first-order valence-electron chi connectivity index (χ1n) is 6.32. The lowest BCUT2D eigenvalue weighted by Gasteiger charge is -2.12. The van der Waals surface area contributed by atoms with Gasteiger partial charge in [0.05, 0.1) is 22.3 Å².